The first-order valence-electron chi connectivity index (χ1n) is 7.45. The van der Waals surface area contributed by atoms with Crippen LogP contribution in [0.1, 0.15) is 39.0 Å². The van der Waals surface area contributed by atoms with Gasteiger partial charge in [0, 0.05) is 33.1 Å². The van der Waals surface area contributed by atoms with Gasteiger partial charge < -0.3 is 19.3 Å². The molecule has 0 aromatic heterocycles. The highest BCUT2D eigenvalue weighted by atomic mass is 16.7. The van der Waals surface area contributed by atoms with Crippen LogP contribution in [0.15, 0.2) is 0 Å². The van der Waals surface area contributed by atoms with E-state index in [1.807, 2.05) is 4.90 Å². The lowest BCUT2D eigenvalue weighted by Gasteiger charge is -2.31. The predicted octanol–water partition coefficient (Wildman–Crippen LogP) is 1.59. The molecule has 2 aliphatic rings. The summed E-state index contributed by atoms with van der Waals surface area (Å²) in [5.74, 6) is 0.111. The Morgan fingerprint density at radius 3 is 2.25 bits per heavy atom. The molecule has 0 radical (unpaired) electrons. The summed E-state index contributed by atoms with van der Waals surface area (Å²) >= 11 is 0. The number of piperidine rings is 2. The summed E-state index contributed by atoms with van der Waals surface area (Å²) in [6, 6.07) is 0. The van der Waals surface area contributed by atoms with E-state index >= 15 is 0 Å². The van der Waals surface area contributed by atoms with Crippen LogP contribution in [0.3, 0.4) is 0 Å². The highest BCUT2D eigenvalue weighted by Crippen LogP contribution is 2.14. The van der Waals surface area contributed by atoms with E-state index in [-0.39, 0.29) is 24.9 Å². The predicted molar refractivity (Wildman–Crippen MR) is 73.1 cm³/mol. The highest BCUT2D eigenvalue weighted by Gasteiger charge is 2.22. The van der Waals surface area contributed by atoms with Crippen molar-refractivity contribution in [3.8, 4) is 0 Å². The first kappa shape index (κ1) is 15.1. The van der Waals surface area contributed by atoms with Gasteiger partial charge in [0.05, 0.1) is 6.10 Å². The Morgan fingerprint density at radius 2 is 1.65 bits per heavy atom. The average Bonchev–Trinajstić information content (AvgIpc) is 2.48. The van der Waals surface area contributed by atoms with E-state index in [2.05, 4.69) is 0 Å². The smallest absolute Gasteiger partial charge is 0.411 e. The molecular formula is C14H24N2O4. The third-order valence-electron chi connectivity index (χ3n) is 3.99. The second-order valence-electron chi connectivity index (χ2n) is 5.45. The fraction of sp³-hybridized carbons (Fsp3) is 0.857. The van der Waals surface area contributed by atoms with Crippen LogP contribution in [0.5, 0.6) is 0 Å². The highest BCUT2D eigenvalue weighted by molar-refractivity contribution is 5.73. The molecule has 0 aromatic carbocycles. The van der Waals surface area contributed by atoms with Crippen LogP contribution in [-0.4, -0.2) is 60.9 Å². The largest absolute Gasteiger partial charge is 0.422 e. The lowest BCUT2D eigenvalue weighted by atomic mass is 10.1. The van der Waals surface area contributed by atoms with Gasteiger partial charge >= 0.3 is 6.09 Å². The SMILES string of the molecule is CC(=O)N1CCC(OCOC(=O)N2CCCCC2)CC1. The number of hydrogen-bond acceptors (Lipinski definition) is 4. The van der Waals surface area contributed by atoms with E-state index in [0.717, 1.165) is 51.9 Å². The number of ether oxygens (including phenoxy) is 2. The summed E-state index contributed by atoms with van der Waals surface area (Å²) in [6.07, 6.45) is 4.72. The van der Waals surface area contributed by atoms with E-state index in [4.69, 9.17) is 9.47 Å². The van der Waals surface area contributed by atoms with Crippen molar-refractivity contribution in [2.75, 3.05) is 33.0 Å². The monoisotopic (exact) mass is 284 g/mol. The topological polar surface area (TPSA) is 59.1 Å². The molecule has 0 N–H and O–H groups in total. The van der Waals surface area contributed by atoms with Gasteiger partial charge in [0.25, 0.3) is 0 Å². The number of likely N-dealkylation sites (tertiary alicyclic amines) is 2. The van der Waals surface area contributed by atoms with Crippen molar-refractivity contribution in [2.45, 2.75) is 45.1 Å². The lowest BCUT2D eigenvalue weighted by molar-refractivity contribution is -0.133. The molecule has 6 heteroatoms. The van der Waals surface area contributed by atoms with E-state index in [1.165, 1.54) is 6.42 Å². The van der Waals surface area contributed by atoms with Crippen molar-refractivity contribution < 1.29 is 19.1 Å². The summed E-state index contributed by atoms with van der Waals surface area (Å²) < 4.78 is 10.7. The Bertz CT molecular complexity index is 334. The summed E-state index contributed by atoms with van der Waals surface area (Å²) in [4.78, 5) is 26.5. The number of amides is 2. The first-order valence-corrected chi connectivity index (χ1v) is 7.45. The van der Waals surface area contributed by atoms with E-state index < -0.39 is 0 Å². The van der Waals surface area contributed by atoms with Gasteiger partial charge in [-0.2, -0.15) is 0 Å². The summed E-state index contributed by atoms with van der Waals surface area (Å²) in [5.41, 5.74) is 0. The van der Waals surface area contributed by atoms with Crippen molar-refractivity contribution >= 4 is 12.0 Å². The molecule has 0 spiro atoms. The number of carbonyl (C=O) groups excluding carboxylic acids is 2. The Labute approximate surface area is 120 Å². The maximum absolute atomic E-state index is 11.8. The standard InChI is InChI=1S/C14H24N2O4/c1-12(17)15-9-5-13(6-10-15)19-11-20-14(18)16-7-3-2-4-8-16/h13H,2-11H2,1H3. The molecule has 2 saturated heterocycles. The zero-order valence-corrected chi connectivity index (χ0v) is 12.2. The van der Waals surface area contributed by atoms with Gasteiger partial charge in [-0.15, -0.1) is 0 Å². The minimum atomic E-state index is -0.272. The van der Waals surface area contributed by atoms with Crippen LogP contribution in [0.2, 0.25) is 0 Å². The summed E-state index contributed by atoms with van der Waals surface area (Å²) in [5, 5.41) is 0. The Kier molecular flexibility index (Phi) is 5.64. The molecule has 6 nitrogen and oxygen atoms in total. The van der Waals surface area contributed by atoms with Crippen LogP contribution in [0, 0.1) is 0 Å². The summed E-state index contributed by atoms with van der Waals surface area (Å²) in [7, 11) is 0. The van der Waals surface area contributed by atoms with Gasteiger partial charge in [0.1, 0.15) is 0 Å². The van der Waals surface area contributed by atoms with Gasteiger partial charge in [-0.05, 0) is 32.1 Å². The Morgan fingerprint density at radius 1 is 1.00 bits per heavy atom. The number of rotatable bonds is 3. The van der Waals surface area contributed by atoms with Crippen molar-refractivity contribution in [3.63, 3.8) is 0 Å². The van der Waals surface area contributed by atoms with Crippen molar-refractivity contribution in [1.82, 2.24) is 9.80 Å². The van der Waals surface area contributed by atoms with E-state index in [1.54, 1.807) is 11.8 Å². The number of carbonyl (C=O) groups is 2. The molecule has 114 valence electrons. The van der Waals surface area contributed by atoms with Gasteiger partial charge in [-0.1, -0.05) is 0 Å². The maximum Gasteiger partial charge on any atom is 0.411 e. The second-order valence-corrected chi connectivity index (χ2v) is 5.45. The number of hydrogen-bond donors (Lipinski definition) is 0. The van der Waals surface area contributed by atoms with Gasteiger partial charge in [0.2, 0.25) is 5.91 Å². The van der Waals surface area contributed by atoms with Crippen LogP contribution >= 0.6 is 0 Å². The molecule has 0 atom stereocenters. The fourth-order valence-electron chi connectivity index (χ4n) is 2.69. The van der Waals surface area contributed by atoms with Crippen LogP contribution in [-0.2, 0) is 14.3 Å². The van der Waals surface area contributed by atoms with E-state index in [0.29, 0.717) is 0 Å². The molecule has 0 aromatic rings. The molecule has 20 heavy (non-hydrogen) atoms. The average molecular weight is 284 g/mol. The molecule has 2 fully saturated rings. The number of nitrogens with zero attached hydrogens (tertiary/aromatic N) is 2. The molecule has 2 amide bonds. The molecular weight excluding hydrogens is 260 g/mol. The molecule has 2 aliphatic heterocycles. The quantitative estimate of drug-likeness (QED) is 0.739. The minimum Gasteiger partial charge on any atom is -0.422 e. The molecule has 0 saturated carbocycles. The molecule has 0 aliphatic carbocycles. The third kappa shape index (κ3) is 4.37. The van der Waals surface area contributed by atoms with Crippen molar-refractivity contribution in [2.24, 2.45) is 0 Å². The van der Waals surface area contributed by atoms with Crippen LogP contribution in [0.25, 0.3) is 0 Å². The van der Waals surface area contributed by atoms with Gasteiger partial charge in [0.15, 0.2) is 6.79 Å². The zero-order chi connectivity index (χ0) is 14.4. The normalized spacial score (nSPS) is 20.9. The van der Waals surface area contributed by atoms with Gasteiger partial charge in [-0.25, -0.2) is 4.79 Å². The van der Waals surface area contributed by atoms with Crippen LogP contribution in [0.4, 0.5) is 4.79 Å². The molecule has 0 unspecified atom stereocenters. The second kappa shape index (κ2) is 7.47. The zero-order valence-electron chi connectivity index (χ0n) is 12.2. The van der Waals surface area contributed by atoms with Crippen LogP contribution < -0.4 is 0 Å². The lowest BCUT2D eigenvalue weighted by Crippen LogP contribution is -2.40. The Hall–Kier alpha value is -1.30. The summed E-state index contributed by atoms with van der Waals surface area (Å²) in [6.45, 7) is 4.62. The minimum absolute atomic E-state index is 0.0140. The third-order valence-corrected chi connectivity index (χ3v) is 3.99. The molecule has 2 rings (SSSR count). The van der Waals surface area contributed by atoms with Crippen molar-refractivity contribution in [3.05, 3.63) is 0 Å². The Balaban J connectivity index is 1.59. The first-order chi connectivity index (χ1) is 9.66. The fourth-order valence-corrected chi connectivity index (χ4v) is 2.69. The molecule has 0 bridgehead atoms. The van der Waals surface area contributed by atoms with E-state index in [9.17, 15) is 9.59 Å². The molecule has 2 heterocycles. The maximum atomic E-state index is 11.8. The van der Waals surface area contributed by atoms with Gasteiger partial charge in [-0.3, -0.25) is 4.79 Å². The van der Waals surface area contributed by atoms with Crippen molar-refractivity contribution in [1.29, 1.82) is 0 Å².